The Morgan fingerprint density at radius 2 is 2.14 bits per heavy atom. The van der Waals surface area contributed by atoms with Gasteiger partial charge in [0.1, 0.15) is 11.8 Å². The lowest BCUT2D eigenvalue weighted by Crippen LogP contribution is -2.41. The zero-order chi connectivity index (χ0) is 15.7. The summed E-state index contributed by atoms with van der Waals surface area (Å²) in [7, 11) is 1.47. The molecule has 2 N–H and O–H groups in total. The third kappa shape index (κ3) is 6.97. The van der Waals surface area contributed by atoms with Crippen LogP contribution in [0.15, 0.2) is 24.3 Å². The lowest BCUT2D eigenvalue weighted by molar-refractivity contribution is -0.142. The van der Waals surface area contributed by atoms with Crippen LogP contribution in [0.2, 0.25) is 5.02 Å². The maximum atomic E-state index is 11.7. The number of amides is 1. The first kappa shape index (κ1) is 17.3. The van der Waals surface area contributed by atoms with Crippen LogP contribution >= 0.6 is 11.6 Å². The van der Waals surface area contributed by atoms with Crippen molar-refractivity contribution in [2.45, 2.75) is 18.9 Å². The molecule has 21 heavy (non-hydrogen) atoms. The van der Waals surface area contributed by atoms with Crippen molar-refractivity contribution in [2.75, 3.05) is 20.3 Å². The van der Waals surface area contributed by atoms with Crippen LogP contribution < -0.4 is 10.1 Å². The van der Waals surface area contributed by atoms with E-state index in [0.717, 1.165) is 0 Å². The summed E-state index contributed by atoms with van der Waals surface area (Å²) in [6, 6.07) is 5.86. The third-order valence-electron chi connectivity index (χ3n) is 2.64. The molecular formula is C14H18ClNO5. The van der Waals surface area contributed by atoms with Gasteiger partial charge in [-0.3, -0.25) is 4.79 Å². The van der Waals surface area contributed by atoms with Gasteiger partial charge in [-0.05, 0) is 18.2 Å². The van der Waals surface area contributed by atoms with Crippen molar-refractivity contribution < 1.29 is 24.2 Å². The smallest absolute Gasteiger partial charge is 0.326 e. The van der Waals surface area contributed by atoms with Gasteiger partial charge in [0.15, 0.2) is 0 Å². The molecule has 1 unspecified atom stereocenters. The van der Waals surface area contributed by atoms with E-state index < -0.39 is 12.0 Å². The highest BCUT2D eigenvalue weighted by atomic mass is 35.5. The zero-order valence-electron chi connectivity index (χ0n) is 11.7. The summed E-state index contributed by atoms with van der Waals surface area (Å²) in [5.74, 6) is -0.916. The van der Waals surface area contributed by atoms with E-state index in [-0.39, 0.29) is 32.0 Å². The van der Waals surface area contributed by atoms with Gasteiger partial charge < -0.3 is 19.9 Å². The van der Waals surface area contributed by atoms with Crippen molar-refractivity contribution in [1.29, 1.82) is 0 Å². The van der Waals surface area contributed by atoms with Crippen molar-refractivity contribution in [3.05, 3.63) is 29.3 Å². The average molecular weight is 316 g/mol. The number of rotatable bonds is 9. The molecule has 0 aromatic heterocycles. The Labute approximate surface area is 128 Å². The average Bonchev–Trinajstić information content (AvgIpc) is 2.43. The molecule has 0 aliphatic heterocycles. The second-order valence-electron chi connectivity index (χ2n) is 4.30. The van der Waals surface area contributed by atoms with Crippen LogP contribution in [0, 0.1) is 0 Å². The minimum Gasteiger partial charge on any atom is -0.493 e. The quantitative estimate of drug-likeness (QED) is 0.724. The molecule has 0 bridgehead atoms. The SMILES string of the molecule is COCCC(NC(=O)CCOc1cccc(Cl)c1)C(=O)O. The lowest BCUT2D eigenvalue weighted by Gasteiger charge is -2.14. The summed E-state index contributed by atoms with van der Waals surface area (Å²) >= 11 is 5.80. The number of halogens is 1. The Kier molecular flexibility index (Phi) is 7.56. The number of benzene rings is 1. The summed E-state index contributed by atoms with van der Waals surface area (Å²) < 4.78 is 10.2. The Morgan fingerprint density at radius 1 is 1.38 bits per heavy atom. The molecule has 6 nitrogen and oxygen atoms in total. The number of carboxylic acids is 1. The van der Waals surface area contributed by atoms with Crippen LogP contribution in [0.3, 0.4) is 0 Å². The molecule has 0 saturated heterocycles. The van der Waals surface area contributed by atoms with Gasteiger partial charge in [-0.1, -0.05) is 17.7 Å². The maximum Gasteiger partial charge on any atom is 0.326 e. The molecule has 1 aromatic carbocycles. The molecule has 0 spiro atoms. The minimum absolute atomic E-state index is 0.0588. The van der Waals surface area contributed by atoms with Gasteiger partial charge in [-0.25, -0.2) is 4.79 Å². The fourth-order valence-corrected chi connectivity index (χ4v) is 1.76. The van der Waals surface area contributed by atoms with E-state index in [9.17, 15) is 9.59 Å². The largest absolute Gasteiger partial charge is 0.493 e. The normalized spacial score (nSPS) is 11.7. The van der Waals surface area contributed by atoms with Crippen LogP contribution in [-0.4, -0.2) is 43.3 Å². The number of carbonyl (C=O) groups excluding carboxylic acids is 1. The fourth-order valence-electron chi connectivity index (χ4n) is 1.58. The predicted octanol–water partition coefficient (Wildman–Crippen LogP) is 1.71. The van der Waals surface area contributed by atoms with Crippen molar-refractivity contribution in [2.24, 2.45) is 0 Å². The summed E-state index contributed by atoms with van der Waals surface area (Å²) in [5.41, 5.74) is 0. The maximum absolute atomic E-state index is 11.7. The van der Waals surface area contributed by atoms with E-state index in [1.807, 2.05) is 0 Å². The highest BCUT2D eigenvalue weighted by Gasteiger charge is 2.19. The van der Waals surface area contributed by atoms with Crippen molar-refractivity contribution in [1.82, 2.24) is 5.32 Å². The van der Waals surface area contributed by atoms with Crippen molar-refractivity contribution in [3.63, 3.8) is 0 Å². The summed E-state index contributed by atoms with van der Waals surface area (Å²) in [4.78, 5) is 22.6. The molecule has 0 heterocycles. The molecule has 0 radical (unpaired) electrons. The number of aliphatic carboxylic acids is 1. The molecule has 1 atom stereocenters. The van der Waals surface area contributed by atoms with E-state index in [4.69, 9.17) is 26.2 Å². The fraction of sp³-hybridized carbons (Fsp3) is 0.429. The zero-order valence-corrected chi connectivity index (χ0v) is 12.4. The number of hydrogen-bond acceptors (Lipinski definition) is 4. The first-order valence-electron chi connectivity index (χ1n) is 6.42. The van der Waals surface area contributed by atoms with Crippen LogP contribution in [0.25, 0.3) is 0 Å². The molecular weight excluding hydrogens is 298 g/mol. The van der Waals surface area contributed by atoms with Crippen molar-refractivity contribution in [3.8, 4) is 5.75 Å². The highest BCUT2D eigenvalue weighted by Crippen LogP contribution is 2.17. The number of ether oxygens (including phenoxy) is 2. The van der Waals surface area contributed by atoms with Crippen LogP contribution in [0.1, 0.15) is 12.8 Å². The number of nitrogens with one attached hydrogen (secondary N) is 1. The first-order chi connectivity index (χ1) is 10.0. The van der Waals surface area contributed by atoms with Gasteiger partial charge >= 0.3 is 5.97 Å². The van der Waals surface area contributed by atoms with E-state index in [1.54, 1.807) is 24.3 Å². The lowest BCUT2D eigenvalue weighted by atomic mass is 10.2. The Hall–Kier alpha value is -1.79. The molecule has 7 heteroatoms. The molecule has 1 aromatic rings. The number of methoxy groups -OCH3 is 1. The summed E-state index contributed by atoms with van der Waals surface area (Å²) in [6.45, 7) is 0.402. The van der Waals surface area contributed by atoms with Crippen LogP contribution in [-0.2, 0) is 14.3 Å². The highest BCUT2D eigenvalue weighted by molar-refractivity contribution is 6.30. The Balaban J connectivity index is 2.34. The molecule has 1 amide bonds. The first-order valence-corrected chi connectivity index (χ1v) is 6.80. The Bertz CT molecular complexity index is 480. The minimum atomic E-state index is -1.09. The summed E-state index contributed by atoms with van der Waals surface area (Å²) in [6.07, 6.45) is 0.274. The standard InChI is InChI=1S/C14H18ClNO5/c1-20-7-5-12(14(18)19)16-13(17)6-8-21-11-4-2-3-10(15)9-11/h2-4,9,12H,5-8H2,1H3,(H,16,17)(H,18,19). The van der Waals surface area contributed by atoms with Crippen LogP contribution in [0.5, 0.6) is 5.75 Å². The molecule has 0 aliphatic carbocycles. The molecule has 0 fully saturated rings. The number of carboxylic acid groups (broad SMARTS) is 1. The molecule has 1 rings (SSSR count). The molecule has 0 aliphatic rings. The topological polar surface area (TPSA) is 84.9 Å². The van der Waals surface area contributed by atoms with Gasteiger partial charge in [-0.2, -0.15) is 0 Å². The van der Waals surface area contributed by atoms with E-state index >= 15 is 0 Å². The third-order valence-corrected chi connectivity index (χ3v) is 2.87. The van der Waals surface area contributed by atoms with Gasteiger partial charge in [0.05, 0.1) is 13.0 Å². The number of hydrogen-bond donors (Lipinski definition) is 2. The summed E-state index contributed by atoms with van der Waals surface area (Å²) in [5, 5.41) is 11.9. The van der Waals surface area contributed by atoms with Gasteiger partial charge in [0.25, 0.3) is 0 Å². The van der Waals surface area contributed by atoms with E-state index in [2.05, 4.69) is 5.32 Å². The Morgan fingerprint density at radius 3 is 2.76 bits per heavy atom. The van der Waals surface area contributed by atoms with Gasteiger partial charge in [0, 0.05) is 25.2 Å². The van der Waals surface area contributed by atoms with E-state index in [0.29, 0.717) is 10.8 Å². The number of carbonyl (C=O) groups is 2. The molecule has 116 valence electrons. The molecule has 0 saturated carbocycles. The van der Waals surface area contributed by atoms with Crippen LogP contribution in [0.4, 0.5) is 0 Å². The van der Waals surface area contributed by atoms with Gasteiger partial charge in [0.2, 0.25) is 5.91 Å². The monoisotopic (exact) mass is 315 g/mol. The second-order valence-corrected chi connectivity index (χ2v) is 4.73. The second kappa shape index (κ2) is 9.20. The van der Waals surface area contributed by atoms with Crippen molar-refractivity contribution >= 4 is 23.5 Å². The van der Waals surface area contributed by atoms with Gasteiger partial charge in [-0.15, -0.1) is 0 Å². The predicted molar refractivity (Wildman–Crippen MR) is 77.6 cm³/mol. The van der Waals surface area contributed by atoms with E-state index in [1.165, 1.54) is 7.11 Å².